The third-order valence-electron chi connectivity index (χ3n) is 3.82. The quantitative estimate of drug-likeness (QED) is 0.886. The van der Waals surface area contributed by atoms with Gasteiger partial charge in [-0.05, 0) is 31.4 Å². The van der Waals surface area contributed by atoms with Gasteiger partial charge in [-0.2, -0.15) is 13.2 Å². The maximum atomic E-state index is 12.7. The molecule has 1 amide bonds. The van der Waals surface area contributed by atoms with Crippen LogP contribution in [0.5, 0.6) is 0 Å². The van der Waals surface area contributed by atoms with E-state index >= 15 is 0 Å². The molecule has 0 bridgehead atoms. The smallest absolute Gasteiger partial charge is 0.391 e. The van der Waals surface area contributed by atoms with E-state index in [2.05, 4.69) is 5.32 Å². The first kappa shape index (κ1) is 16.8. The molecular formula is C14H16F3NO3S. The Morgan fingerprint density at radius 3 is 2.64 bits per heavy atom. The normalized spacial score (nSPS) is 22.3. The van der Waals surface area contributed by atoms with Gasteiger partial charge in [-0.1, -0.05) is 6.42 Å². The van der Waals surface area contributed by atoms with Gasteiger partial charge in [-0.25, -0.2) is 4.79 Å². The third-order valence-corrected chi connectivity index (χ3v) is 4.89. The lowest BCUT2D eigenvalue weighted by atomic mass is 9.80. The van der Waals surface area contributed by atoms with Gasteiger partial charge in [0.1, 0.15) is 4.88 Å². The maximum absolute atomic E-state index is 12.7. The number of amides is 1. The van der Waals surface area contributed by atoms with Crippen LogP contribution in [0.2, 0.25) is 0 Å². The van der Waals surface area contributed by atoms with Crippen LogP contribution in [-0.4, -0.2) is 23.2 Å². The van der Waals surface area contributed by atoms with Crippen molar-refractivity contribution in [3.8, 4) is 0 Å². The molecule has 1 aliphatic carbocycles. The summed E-state index contributed by atoms with van der Waals surface area (Å²) in [6.45, 7) is 0.143. The van der Waals surface area contributed by atoms with Crippen molar-refractivity contribution in [2.24, 2.45) is 11.8 Å². The van der Waals surface area contributed by atoms with Gasteiger partial charge in [0.05, 0.1) is 12.5 Å². The molecule has 0 aliphatic heterocycles. The van der Waals surface area contributed by atoms with Crippen LogP contribution in [0.1, 0.15) is 40.2 Å². The summed E-state index contributed by atoms with van der Waals surface area (Å²) < 4.78 is 38.2. The summed E-state index contributed by atoms with van der Waals surface area (Å²) >= 11 is 1.04. The van der Waals surface area contributed by atoms with Crippen LogP contribution in [0.3, 0.4) is 0 Å². The Hall–Kier alpha value is -1.57. The highest BCUT2D eigenvalue weighted by molar-refractivity contribution is 7.13. The lowest BCUT2D eigenvalue weighted by Gasteiger charge is -2.29. The largest absolute Gasteiger partial charge is 0.477 e. The SMILES string of the molecule is O=C(O)c1ccc(CNC(=O)C2CCCC(C(F)(F)F)C2)s1. The third kappa shape index (κ3) is 4.22. The number of alkyl halides is 3. The van der Waals surface area contributed by atoms with Gasteiger partial charge in [0.2, 0.25) is 5.91 Å². The Labute approximate surface area is 129 Å². The predicted octanol–water partition coefficient (Wildman–Crippen LogP) is 3.43. The van der Waals surface area contributed by atoms with Crippen LogP contribution < -0.4 is 5.32 Å². The minimum Gasteiger partial charge on any atom is -0.477 e. The van der Waals surface area contributed by atoms with E-state index in [1.165, 1.54) is 6.07 Å². The Morgan fingerprint density at radius 1 is 1.32 bits per heavy atom. The fourth-order valence-electron chi connectivity index (χ4n) is 2.63. The van der Waals surface area contributed by atoms with E-state index in [0.717, 1.165) is 11.3 Å². The van der Waals surface area contributed by atoms with Crippen molar-refractivity contribution in [1.29, 1.82) is 0 Å². The van der Waals surface area contributed by atoms with E-state index in [-0.39, 0.29) is 30.2 Å². The second-order valence-corrected chi connectivity index (χ2v) is 6.56. The highest BCUT2D eigenvalue weighted by Gasteiger charge is 2.43. The van der Waals surface area contributed by atoms with Crippen molar-refractivity contribution in [1.82, 2.24) is 5.32 Å². The van der Waals surface area contributed by atoms with Gasteiger partial charge < -0.3 is 10.4 Å². The van der Waals surface area contributed by atoms with E-state index in [1.807, 2.05) is 0 Å². The highest BCUT2D eigenvalue weighted by atomic mass is 32.1. The van der Waals surface area contributed by atoms with E-state index < -0.39 is 24.0 Å². The van der Waals surface area contributed by atoms with Crippen LogP contribution in [0.4, 0.5) is 13.2 Å². The summed E-state index contributed by atoms with van der Waals surface area (Å²) in [5.74, 6) is -3.46. The van der Waals surface area contributed by atoms with E-state index in [9.17, 15) is 22.8 Å². The Bertz CT molecular complexity index is 556. The molecule has 4 nitrogen and oxygen atoms in total. The molecular weight excluding hydrogens is 319 g/mol. The first-order valence-electron chi connectivity index (χ1n) is 6.94. The fourth-order valence-corrected chi connectivity index (χ4v) is 3.42. The first-order chi connectivity index (χ1) is 10.3. The van der Waals surface area contributed by atoms with E-state index in [1.54, 1.807) is 6.07 Å². The molecule has 0 saturated heterocycles. The second-order valence-electron chi connectivity index (χ2n) is 5.39. The zero-order valence-corrected chi connectivity index (χ0v) is 12.5. The number of carboxylic acid groups (broad SMARTS) is 1. The zero-order valence-electron chi connectivity index (χ0n) is 11.7. The Morgan fingerprint density at radius 2 is 2.05 bits per heavy atom. The molecule has 0 radical (unpaired) electrons. The summed E-state index contributed by atoms with van der Waals surface area (Å²) in [7, 11) is 0. The van der Waals surface area contributed by atoms with Crippen LogP contribution in [0.25, 0.3) is 0 Å². The van der Waals surface area contributed by atoms with Crippen molar-refractivity contribution in [3.63, 3.8) is 0 Å². The zero-order chi connectivity index (χ0) is 16.3. The molecule has 1 saturated carbocycles. The molecule has 2 N–H and O–H groups in total. The topological polar surface area (TPSA) is 66.4 Å². The predicted molar refractivity (Wildman–Crippen MR) is 74.6 cm³/mol. The van der Waals surface area contributed by atoms with Gasteiger partial charge in [0, 0.05) is 10.8 Å². The summed E-state index contributed by atoms with van der Waals surface area (Å²) in [5, 5.41) is 11.4. The summed E-state index contributed by atoms with van der Waals surface area (Å²) in [6, 6.07) is 3.03. The number of carbonyl (C=O) groups is 2. The standard InChI is InChI=1S/C14H16F3NO3S/c15-14(16,17)9-3-1-2-8(6-9)12(19)18-7-10-4-5-11(22-10)13(20)21/h4-5,8-9H,1-3,6-7H2,(H,18,19)(H,20,21). The number of halogens is 3. The number of rotatable bonds is 4. The van der Waals surface area contributed by atoms with E-state index in [4.69, 9.17) is 5.11 Å². The number of hydrogen-bond donors (Lipinski definition) is 2. The van der Waals surface area contributed by atoms with Gasteiger partial charge in [0.15, 0.2) is 0 Å². The number of carbonyl (C=O) groups excluding carboxylic acids is 1. The average molecular weight is 335 g/mol. The molecule has 1 aliphatic rings. The maximum Gasteiger partial charge on any atom is 0.391 e. The number of aromatic carboxylic acids is 1. The summed E-state index contributed by atoms with van der Waals surface area (Å²) in [5.41, 5.74) is 0. The molecule has 8 heteroatoms. The number of nitrogens with one attached hydrogen (secondary N) is 1. The highest BCUT2D eigenvalue weighted by Crippen LogP contribution is 2.39. The molecule has 1 heterocycles. The minimum atomic E-state index is -4.25. The lowest BCUT2D eigenvalue weighted by Crippen LogP contribution is -2.37. The van der Waals surface area contributed by atoms with Crippen molar-refractivity contribution in [3.05, 3.63) is 21.9 Å². The fraction of sp³-hybridized carbons (Fsp3) is 0.571. The van der Waals surface area contributed by atoms with Gasteiger partial charge in [0.25, 0.3) is 0 Å². The number of hydrogen-bond acceptors (Lipinski definition) is 3. The second kappa shape index (κ2) is 6.68. The molecule has 0 aromatic carbocycles. The molecule has 2 atom stereocenters. The molecule has 1 aromatic rings. The van der Waals surface area contributed by atoms with Crippen molar-refractivity contribution in [2.45, 2.75) is 38.4 Å². The van der Waals surface area contributed by atoms with E-state index in [0.29, 0.717) is 17.7 Å². The van der Waals surface area contributed by atoms with Crippen molar-refractivity contribution >= 4 is 23.2 Å². The molecule has 122 valence electrons. The molecule has 2 rings (SSSR count). The van der Waals surface area contributed by atoms with Crippen molar-refractivity contribution < 1.29 is 27.9 Å². The summed E-state index contributed by atoms with van der Waals surface area (Å²) in [6.07, 6.45) is -3.48. The molecule has 2 unspecified atom stereocenters. The van der Waals surface area contributed by atoms with Gasteiger partial charge in [-0.15, -0.1) is 11.3 Å². The lowest BCUT2D eigenvalue weighted by molar-refractivity contribution is -0.186. The average Bonchev–Trinajstić information content (AvgIpc) is 2.93. The van der Waals surface area contributed by atoms with Crippen LogP contribution in [0, 0.1) is 11.8 Å². The van der Waals surface area contributed by atoms with Gasteiger partial charge >= 0.3 is 12.1 Å². The molecule has 1 fully saturated rings. The Balaban J connectivity index is 1.87. The first-order valence-corrected chi connectivity index (χ1v) is 7.75. The summed E-state index contributed by atoms with van der Waals surface area (Å²) in [4.78, 5) is 23.6. The minimum absolute atomic E-state index is 0.0835. The monoisotopic (exact) mass is 335 g/mol. The number of thiophene rings is 1. The van der Waals surface area contributed by atoms with Crippen LogP contribution >= 0.6 is 11.3 Å². The van der Waals surface area contributed by atoms with Crippen LogP contribution in [-0.2, 0) is 11.3 Å². The number of carboxylic acids is 1. The molecule has 1 aromatic heterocycles. The Kier molecular flexibility index (Phi) is 5.10. The van der Waals surface area contributed by atoms with Crippen molar-refractivity contribution in [2.75, 3.05) is 0 Å². The molecule has 22 heavy (non-hydrogen) atoms. The van der Waals surface area contributed by atoms with Crippen LogP contribution in [0.15, 0.2) is 12.1 Å². The van der Waals surface area contributed by atoms with Gasteiger partial charge in [-0.3, -0.25) is 4.79 Å². The molecule has 0 spiro atoms.